The molecule has 0 bridgehead atoms. The molecule has 6 heteroatoms. The maximum Gasteiger partial charge on any atom is 0.237 e. The maximum absolute atomic E-state index is 13.9. The highest BCUT2D eigenvalue weighted by molar-refractivity contribution is 6.35. The molecule has 0 aromatic heterocycles. The van der Waals surface area contributed by atoms with Crippen molar-refractivity contribution in [1.29, 1.82) is 0 Å². The van der Waals surface area contributed by atoms with Gasteiger partial charge in [0, 0.05) is 17.2 Å². The Balaban J connectivity index is 1.46. The Morgan fingerprint density at radius 3 is 1.91 bits per heavy atom. The van der Waals surface area contributed by atoms with Crippen LogP contribution in [0.4, 0.5) is 0 Å². The lowest BCUT2D eigenvalue weighted by molar-refractivity contribution is -0.147. The molecule has 1 aliphatic carbocycles. The Morgan fingerprint density at radius 1 is 0.771 bits per heavy atom. The molecule has 3 aromatic carbocycles. The van der Waals surface area contributed by atoms with Gasteiger partial charge in [-0.15, -0.1) is 0 Å². The van der Waals surface area contributed by atoms with E-state index in [4.69, 9.17) is 4.74 Å². The summed E-state index contributed by atoms with van der Waals surface area (Å²) < 4.78 is 6.29. The molecule has 0 saturated carbocycles. The van der Waals surface area contributed by atoms with Crippen molar-refractivity contribution in [3.8, 4) is 0 Å². The van der Waals surface area contributed by atoms with Crippen molar-refractivity contribution < 1.29 is 23.9 Å². The van der Waals surface area contributed by atoms with Crippen LogP contribution in [0.1, 0.15) is 44.9 Å². The molecule has 2 saturated heterocycles. The number of hydrogen-bond donors (Lipinski definition) is 0. The Hall–Kier alpha value is -3.90. The normalized spacial score (nSPS) is 25.3. The summed E-state index contributed by atoms with van der Waals surface area (Å²) >= 11 is 0. The van der Waals surface area contributed by atoms with Crippen LogP contribution in [0, 0.1) is 11.8 Å². The van der Waals surface area contributed by atoms with Crippen molar-refractivity contribution in [3.05, 3.63) is 107 Å². The molecule has 3 aliphatic rings. The van der Waals surface area contributed by atoms with Gasteiger partial charge in [0.1, 0.15) is 0 Å². The highest BCUT2D eigenvalue weighted by Crippen LogP contribution is 2.57. The summed E-state index contributed by atoms with van der Waals surface area (Å²) in [5.41, 5.74) is 0.100. The quantitative estimate of drug-likeness (QED) is 0.432. The van der Waals surface area contributed by atoms with Crippen LogP contribution in [-0.4, -0.2) is 39.9 Å². The van der Waals surface area contributed by atoms with Crippen molar-refractivity contribution in [2.45, 2.75) is 31.1 Å². The van der Waals surface area contributed by atoms with Gasteiger partial charge < -0.3 is 4.74 Å². The van der Waals surface area contributed by atoms with Crippen molar-refractivity contribution in [3.63, 3.8) is 0 Å². The monoisotopic (exact) mass is 465 g/mol. The first-order valence-corrected chi connectivity index (χ1v) is 11.8. The first-order chi connectivity index (χ1) is 16.9. The number of amides is 2. The van der Waals surface area contributed by atoms with Gasteiger partial charge in [-0.2, -0.15) is 0 Å². The molecule has 2 heterocycles. The van der Waals surface area contributed by atoms with E-state index >= 15 is 0 Å². The summed E-state index contributed by atoms with van der Waals surface area (Å²) in [4.78, 5) is 56.5. The molecular weight excluding hydrogens is 442 g/mol. The van der Waals surface area contributed by atoms with E-state index < -0.39 is 53.0 Å². The number of ketones is 2. The summed E-state index contributed by atoms with van der Waals surface area (Å²) in [5.74, 6) is -4.14. The van der Waals surface area contributed by atoms with Gasteiger partial charge in [0.05, 0.1) is 17.9 Å². The van der Waals surface area contributed by atoms with Crippen LogP contribution < -0.4 is 0 Å². The Morgan fingerprint density at radius 2 is 1.31 bits per heavy atom. The predicted octanol–water partition coefficient (Wildman–Crippen LogP) is 3.81. The Labute approximate surface area is 202 Å². The Kier molecular flexibility index (Phi) is 4.83. The van der Waals surface area contributed by atoms with Gasteiger partial charge in [0.25, 0.3) is 0 Å². The van der Waals surface area contributed by atoms with Gasteiger partial charge in [0.15, 0.2) is 0 Å². The van der Waals surface area contributed by atoms with Crippen LogP contribution in [0.25, 0.3) is 0 Å². The summed E-state index contributed by atoms with van der Waals surface area (Å²) in [5, 5.41) is 0. The highest BCUT2D eigenvalue weighted by atomic mass is 16.5. The zero-order chi connectivity index (χ0) is 24.3. The standard InChI is InChI=1S/C29H23NO5/c1-17(16-18-10-4-2-5-11-18)30-27(33)22-23(28(30)34)29(35-24(22)19-12-6-3-7-13-19)25(31)20-14-8-9-15-21(20)26(29)32/h2-15,17,22-24H,16H2,1H3/t17-,22+,23+,24+/m1/s1. The number of Topliss-reactive ketones (excluding diaryl/α,β-unsaturated/α-hetero) is 2. The lowest BCUT2D eigenvalue weighted by atomic mass is 9.77. The first kappa shape index (κ1) is 21.6. The highest BCUT2D eigenvalue weighted by Gasteiger charge is 2.74. The van der Waals surface area contributed by atoms with Gasteiger partial charge in [-0.1, -0.05) is 84.9 Å². The summed E-state index contributed by atoms with van der Waals surface area (Å²) in [7, 11) is 0. The number of likely N-dealkylation sites (tertiary alicyclic amines) is 1. The SMILES string of the molecule is C[C@H](Cc1ccccc1)N1C(=O)[C@H]2[C@@H](C1=O)C1(O[C@H]2c2ccccc2)C(=O)c2ccccc2C1=O. The van der Waals surface area contributed by atoms with E-state index in [1.54, 1.807) is 36.4 Å². The third-order valence-corrected chi connectivity index (χ3v) is 7.50. The van der Waals surface area contributed by atoms with Crippen LogP contribution in [0.3, 0.4) is 0 Å². The summed E-state index contributed by atoms with van der Waals surface area (Å²) in [6.07, 6.45) is -0.405. The molecule has 174 valence electrons. The fourth-order valence-corrected chi connectivity index (χ4v) is 5.96. The van der Waals surface area contributed by atoms with Gasteiger partial charge in [0.2, 0.25) is 29.0 Å². The lowest BCUT2D eigenvalue weighted by Gasteiger charge is -2.29. The third kappa shape index (κ3) is 2.93. The molecular formula is C29H23NO5. The number of fused-ring (bicyclic) bond motifs is 3. The van der Waals surface area contributed by atoms with Crippen LogP contribution in [0.5, 0.6) is 0 Å². The molecule has 6 rings (SSSR count). The molecule has 3 aromatic rings. The van der Waals surface area contributed by atoms with Crippen LogP contribution in [0.15, 0.2) is 84.9 Å². The number of carbonyl (C=O) groups excluding carboxylic acids is 4. The van der Waals surface area contributed by atoms with E-state index in [2.05, 4.69) is 0 Å². The number of hydrogen-bond acceptors (Lipinski definition) is 5. The summed E-state index contributed by atoms with van der Waals surface area (Å²) in [6, 6.07) is 24.7. The third-order valence-electron chi connectivity index (χ3n) is 7.50. The molecule has 0 radical (unpaired) electrons. The first-order valence-electron chi connectivity index (χ1n) is 11.8. The second kappa shape index (κ2) is 7.82. The molecule has 4 atom stereocenters. The second-order valence-corrected chi connectivity index (χ2v) is 9.48. The van der Waals surface area contributed by atoms with Crippen molar-refractivity contribution >= 4 is 23.4 Å². The van der Waals surface area contributed by atoms with E-state index in [-0.39, 0.29) is 11.1 Å². The van der Waals surface area contributed by atoms with E-state index in [1.165, 1.54) is 4.90 Å². The fourth-order valence-electron chi connectivity index (χ4n) is 5.96. The molecule has 1 spiro atoms. The second-order valence-electron chi connectivity index (χ2n) is 9.48. The minimum absolute atomic E-state index is 0.237. The van der Waals surface area contributed by atoms with Crippen LogP contribution in [-0.2, 0) is 20.7 Å². The molecule has 2 aliphatic heterocycles. The smallest absolute Gasteiger partial charge is 0.237 e. The topological polar surface area (TPSA) is 80.8 Å². The minimum Gasteiger partial charge on any atom is -0.349 e. The van der Waals surface area contributed by atoms with Gasteiger partial charge in [-0.25, -0.2) is 0 Å². The van der Waals surface area contributed by atoms with Gasteiger partial charge in [-0.3, -0.25) is 24.1 Å². The number of rotatable bonds is 4. The minimum atomic E-state index is -2.02. The van der Waals surface area contributed by atoms with Crippen LogP contribution in [0.2, 0.25) is 0 Å². The number of benzene rings is 3. The fraction of sp³-hybridized carbons (Fsp3) is 0.241. The van der Waals surface area contributed by atoms with Crippen molar-refractivity contribution in [1.82, 2.24) is 4.90 Å². The van der Waals surface area contributed by atoms with E-state index in [9.17, 15) is 19.2 Å². The predicted molar refractivity (Wildman–Crippen MR) is 127 cm³/mol. The lowest BCUT2D eigenvalue weighted by Crippen LogP contribution is -2.52. The number of nitrogens with zero attached hydrogens (tertiary/aromatic N) is 1. The Bertz CT molecular complexity index is 1330. The molecule has 0 N–H and O–H groups in total. The average Bonchev–Trinajstić information content (AvgIpc) is 3.45. The molecule has 2 fully saturated rings. The van der Waals surface area contributed by atoms with Crippen molar-refractivity contribution in [2.24, 2.45) is 11.8 Å². The number of carbonyl (C=O) groups is 4. The van der Waals surface area contributed by atoms with E-state index in [0.29, 0.717) is 12.0 Å². The zero-order valence-corrected chi connectivity index (χ0v) is 19.1. The number of imide groups is 1. The molecule has 35 heavy (non-hydrogen) atoms. The van der Waals surface area contributed by atoms with Crippen molar-refractivity contribution in [2.75, 3.05) is 0 Å². The maximum atomic E-state index is 13.9. The van der Waals surface area contributed by atoms with Crippen LogP contribution >= 0.6 is 0 Å². The average molecular weight is 466 g/mol. The largest absolute Gasteiger partial charge is 0.349 e. The number of ether oxygens (including phenoxy) is 1. The summed E-state index contributed by atoms with van der Waals surface area (Å²) in [6.45, 7) is 1.82. The molecule has 0 unspecified atom stereocenters. The van der Waals surface area contributed by atoms with E-state index in [0.717, 1.165) is 5.56 Å². The van der Waals surface area contributed by atoms with Gasteiger partial charge >= 0.3 is 0 Å². The van der Waals surface area contributed by atoms with E-state index in [1.807, 2.05) is 55.5 Å². The zero-order valence-electron chi connectivity index (χ0n) is 19.1. The molecule has 6 nitrogen and oxygen atoms in total. The molecule has 2 amide bonds. The van der Waals surface area contributed by atoms with Gasteiger partial charge in [-0.05, 0) is 24.5 Å².